The van der Waals surface area contributed by atoms with Crippen LogP contribution < -0.4 is 4.72 Å². The molecule has 0 aliphatic carbocycles. The van der Waals surface area contributed by atoms with Crippen molar-refractivity contribution in [3.05, 3.63) is 16.5 Å². The maximum absolute atomic E-state index is 11.5. The maximum Gasteiger partial charge on any atom is 0.250 e. The van der Waals surface area contributed by atoms with Gasteiger partial charge in [0, 0.05) is 6.54 Å². The van der Waals surface area contributed by atoms with Crippen molar-refractivity contribution in [2.45, 2.75) is 17.2 Å². The average Bonchev–Trinajstić information content (AvgIpc) is 2.49. The molecule has 0 radical (unpaired) electrons. The number of halogens is 1. The van der Waals surface area contributed by atoms with Crippen LogP contribution in [-0.2, 0) is 10.0 Å². The monoisotopic (exact) mass is 255 g/mol. The molecule has 4 nitrogen and oxygen atoms in total. The van der Waals surface area contributed by atoms with E-state index in [2.05, 4.69) is 4.72 Å². The molecule has 0 unspecified atom stereocenters. The Labute approximate surface area is 91.6 Å². The first-order valence-electron chi connectivity index (χ1n) is 3.85. The fourth-order valence-corrected chi connectivity index (χ4v) is 3.39. The molecule has 80 valence electrons. The van der Waals surface area contributed by atoms with Crippen LogP contribution in [0.5, 0.6) is 0 Å². The fourth-order valence-electron chi connectivity index (χ4n) is 0.744. The second-order valence-electron chi connectivity index (χ2n) is 2.76. The van der Waals surface area contributed by atoms with Gasteiger partial charge in [-0.25, -0.2) is 13.1 Å². The van der Waals surface area contributed by atoms with Gasteiger partial charge >= 0.3 is 0 Å². The highest BCUT2D eigenvalue weighted by molar-refractivity contribution is 7.91. The normalized spacial score (nSPS) is 14.2. The summed E-state index contributed by atoms with van der Waals surface area (Å²) >= 11 is 6.59. The van der Waals surface area contributed by atoms with E-state index in [0.717, 1.165) is 11.3 Å². The minimum atomic E-state index is -3.51. The summed E-state index contributed by atoms with van der Waals surface area (Å²) in [6, 6.07) is 2.94. The SMILES string of the molecule is C[C@@H](O)CNS(=O)(=O)c1ccc(Cl)s1. The molecular weight excluding hydrogens is 246 g/mol. The minimum Gasteiger partial charge on any atom is -0.392 e. The Morgan fingerprint density at radius 3 is 2.71 bits per heavy atom. The molecule has 0 spiro atoms. The molecule has 0 amide bonds. The molecule has 0 aromatic carbocycles. The van der Waals surface area contributed by atoms with Gasteiger partial charge in [0.2, 0.25) is 10.0 Å². The Morgan fingerprint density at radius 1 is 1.64 bits per heavy atom. The number of nitrogens with one attached hydrogen (secondary N) is 1. The predicted octanol–water partition coefficient (Wildman–Crippen LogP) is 1.06. The average molecular weight is 256 g/mol. The molecule has 1 aromatic rings. The van der Waals surface area contributed by atoms with Gasteiger partial charge in [0.1, 0.15) is 4.21 Å². The first kappa shape index (κ1) is 11.9. The summed E-state index contributed by atoms with van der Waals surface area (Å²) in [5.74, 6) is 0. The van der Waals surface area contributed by atoms with Crippen molar-refractivity contribution in [1.82, 2.24) is 4.72 Å². The predicted molar refractivity (Wildman–Crippen MR) is 56.2 cm³/mol. The largest absolute Gasteiger partial charge is 0.392 e. The lowest BCUT2D eigenvalue weighted by molar-refractivity contribution is 0.198. The molecule has 0 bridgehead atoms. The van der Waals surface area contributed by atoms with E-state index in [1.807, 2.05) is 0 Å². The quantitative estimate of drug-likeness (QED) is 0.846. The molecule has 1 rings (SSSR count). The lowest BCUT2D eigenvalue weighted by atomic mass is 10.4. The van der Waals surface area contributed by atoms with E-state index in [0.29, 0.717) is 4.34 Å². The number of hydrogen-bond acceptors (Lipinski definition) is 4. The van der Waals surface area contributed by atoms with Gasteiger partial charge in [-0.1, -0.05) is 11.6 Å². The molecule has 0 aliphatic rings. The van der Waals surface area contributed by atoms with Crippen molar-refractivity contribution in [2.75, 3.05) is 6.54 Å². The summed E-state index contributed by atoms with van der Waals surface area (Å²) < 4.78 is 25.8. The topological polar surface area (TPSA) is 66.4 Å². The van der Waals surface area contributed by atoms with E-state index >= 15 is 0 Å². The van der Waals surface area contributed by atoms with Crippen LogP contribution in [0, 0.1) is 0 Å². The second-order valence-corrected chi connectivity index (χ2v) is 6.47. The molecule has 0 saturated heterocycles. The number of aliphatic hydroxyl groups is 1. The Balaban J connectivity index is 2.76. The van der Waals surface area contributed by atoms with Crippen LogP contribution in [0.15, 0.2) is 16.3 Å². The molecule has 0 saturated carbocycles. The van der Waals surface area contributed by atoms with Crippen molar-refractivity contribution in [3.8, 4) is 0 Å². The number of thiophene rings is 1. The number of rotatable bonds is 4. The van der Waals surface area contributed by atoms with Gasteiger partial charge in [0.15, 0.2) is 0 Å². The van der Waals surface area contributed by atoms with Gasteiger partial charge in [0.25, 0.3) is 0 Å². The highest BCUT2D eigenvalue weighted by Crippen LogP contribution is 2.25. The number of sulfonamides is 1. The van der Waals surface area contributed by atoms with E-state index < -0.39 is 16.1 Å². The second kappa shape index (κ2) is 4.59. The Morgan fingerprint density at radius 2 is 2.29 bits per heavy atom. The van der Waals surface area contributed by atoms with Gasteiger partial charge < -0.3 is 5.11 Å². The van der Waals surface area contributed by atoms with Gasteiger partial charge in [-0.2, -0.15) is 0 Å². The zero-order valence-corrected chi connectivity index (χ0v) is 9.79. The zero-order chi connectivity index (χ0) is 10.8. The van der Waals surface area contributed by atoms with Gasteiger partial charge in [-0.15, -0.1) is 11.3 Å². The smallest absolute Gasteiger partial charge is 0.250 e. The first-order valence-corrected chi connectivity index (χ1v) is 6.52. The van der Waals surface area contributed by atoms with Crippen LogP contribution in [0.2, 0.25) is 4.34 Å². The molecule has 14 heavy (non-hydrogen) atoms. The summed E-state index contributed by atoms with van der Waals surface area (Å²) in [5, 5.41) is 8.92. The summed E-state index contributed by atoms with van der Waals surface area (Å²) in [6.45, 7) is 1.50. The molecule has 1 aromatic heterocycles. The Hall–Kier alpha value is -0.140. The van der Waals surface area contributed by atoms with E-state index in [1.165, 1.54) is 19.1 Å². The van der Waals surface area contributed by atoms with E-state index in [9.17, 15) is 8.42 Å². The Bertz CT molecular complexity index is 399. The molecular formula is C7H10ClNO3S2. The first-order chi connectivity index (χ1) is 6.42. The van der Waals surface area contributed by atoms with Crippen molar-refractivity contribution in [2.24, 2.45) is 0 Å². The van der Waals surface area contributed by atoms with Gasteiger partial charge in [0.05, 0.1) is 10.4 Å². The maximum atomic E-state index is 11.5. The third-order valence-electron chi connectivity index (χ3n) is 1.38. The lowest BCUT2D eigenvalue weighted by Gasteiger charge is -2.05. The fraction of sp³-hybridized carbons (Fsp3) is 0.429. The third-order valence-corrected chi connectivity index (χ3v) is 4.53. The summed E-state index contributed by atoms with van der Waals surface area (Å²) in [5.41, 5.74) is 0. The van der Waals surface area contributed by atoms with Crippen LogP contribution in [0.25, 0.3) is 0 Å². The molecule has 7 heteroatoms. The van der Waals surface area contributed by atoms with Crippen LogP contribution in [0.3, 0.4) is 0 Å². The van der Waals surface area contributed by atoms with Crippen molar-refractivity contribution >= 4 is 33.0 Å². The standard InChI is InChI=1S/C7H10ClNO3S2/c1-5(10)4-9-14(11,12)7-3-2-6(8)13-7/h2-3,5,9-10H,4H2,1H3/t5-/m1/s1. The third kappa shape index (κ3) is 3.21. The molecule has 0 aliphatic heterocycles. The molecule has 1 atom stereocenters. The number of hydrogen-bond donors (Lipinski definition) is 2. The minimum absolute atomic E-state index is 0.00213. The van der Waals surface area contributed by atoms with Crippen molar-refractivity contribution < 1.29 is 13.5 Å². The van der Waals surface area contributed by atoms with E-state index in [1.54, 1.807) is 0 Å². The molecule has 0 fully saturated rings. The van der Waals surface area contributed by atoms with Crippen LogP contribution in [0.4, 0.5) is 0 Å². The highest BCUT2D eigenvalue weighted by atomic mass is 35.5. The van der Waals surface area contributed by atoms with Crippen LogP contribution in [0.1, 0.15) is 6.92 Å². The Kier molecular flexibility index (Phi) is 3.91. The van der Waals surface area contributed by atoms with Crippen molar-refractivity contribution in [1.29, 1.82) is 0 Å². The van der Waals surface area contributed by atoms with E-state index in [4.69, 9.17) is 16.7 Å². The van der Waals surface area contributed by atoms with E-state index in [-0.39, 0.29) is 10.8 Å². The zero-order valence-electron chi connectivity index (χ0n) is 7.40. The molecule has 2 N–H and O–H groups in total. The summed E-state index contributed by atoms with van der Waals surface area (Å²) in [7, 11) is -3.51. The summed E-state index contributed by atoms with van der Waals surface area (Å²) in [6.07, 6.45) is -0.708. The van der Waals surface area contributed by atoms with Crippen LogP contribution in [-0.4, -0.2) is 26.2 Å². The van der Waals surface area contributed by atoms with Gasteiger partial charge in [-0.3, -0.25) is 0 Å². The lowest BCUT2D eigenvalue weighted by Crippen LogP contribution is -2.30. The van der Waals surface area contributed by atoms with Gasteiger partial charge in [-0.05, 0) is 19.1 Å². The summed E-state index contributed by atoms with van der Waals surface area (Å²) in [4.78, 5) is 0. The van der Waals surface area contributed by atoms with Crippen LogP contribution >= 0.6 is 22.9 Å². The number of aliphatic hydroxyl groups excluding tert-OH is 1. The molecule has 1 heterocycles. The highest BCUT2D eigenvalue weighted by Gasteiger charge is 2.16. The van der Waals surface area contributed by atoms with Crippen molar-refractivity contribution in [3.63, 3.8) is 0 Å².